The lowest BCUT2D eigenvalue weighted by Crippen LogP contribution is -2.29. The first kappa shape index (κ1) is 12.7. The van der Waals surface area contributed by atoms with E-state index in [9.17, 15) is 0 Å². The summed E-state index contributed by atoms with van der Waals surface area (Å²) in [4.78, 5) is 1.55. The Bertz CT molecular complexity index is 531. The number of aromatic nitrogens is 4. The second-order valence-corrected chi connectivity index (χ2v) is 5.07. The molecule has 0 saturated heterocycles. The summed E-state index contributed by atoms with van der Waals surface area (Å²) in [6, 6.07) is 6.72. The zero-order valence-corrected chi connectivity index (χ0v) is 10.6. The fraction of sp³-hybridized carbons (Fsp3) is 0.364. The van der Waals surface area contributed by atoms with Gasteiger partial charge < -0.3 is 10.0 Å². The lowest BCUT2D eigenvalue weighted by atomic mass is 9.80. The molecular weight excluding hydrogens is 231 g/mol. The summed E-state index contributed by atoms with van der Waals surface area (Å²) in [7, 11) is -1.46. The predicted octanol–water partition coefficient (Wildman–Crippen LogP) is -0.225. The highest BCUT2D eigenvalue weighted by molar-refractivity contribution is 6.58. The molecule has 2 N–H and O–H groups in total. The van der Waals surface area contributed by atoms with Crippen molar-refractivity contribution in [3.05, 3.63) is 24.3 Å². The Morgan fingerprint density at radius 3 is 2.17 bits per heavy atom. The molecule has 0 unspecified atom stereocenters. The van der Waals surface area contributed by atoms with E-state index in [0.717, 1.165) is 5.56 Å². The Morgan fingerprint density at radius 1 is 1.11 bits per heavy atom. The quantitative estimate of drug-likeness (QED) is 0.715. The lowest BCUT2D eigenvalue weighted by molar-refractivity contribution is 0.306. The van der Waals surface area contributed by atoms with E-state index in [2.05, 4.69) is 15.4 Å². The standard InChI is InChI=1S/C11H15BN4O2/c1-11(2,3)16-14-10(13-15-16)8-4-6-9(7-5-8)12(17)18/h4-7,17-18H,1-3H3. The van der Waals surface area contributed by atoms with Gasteiger partial charge in [0.1, 0.15) is 0 Å². The average Bonchev–Trinajstić information content (AvgIpc) is 2.78. The Morgan fingerprint density at radius 2 is 1.72 bits per heavy atom. The Labute approximate surface area is 105 Å². The Kier molecular flexibility index (Phi) is 3.19. The number of tetrazole rings is 1. The highest BCUT2D eigenvalue weighted by atomic mass is 16.4. The summed E-state index contributed by atoms with van der Waals surface area (Å²) < 4.78 is 0. The molecule has 94 valence electrons. The molecule has 0 amide bonds. The molecule has 1 aromatic heterocycles. The van der Waals surface area contributed by atoms with Gasteiger partial charge in [-0.05, 0) is 31.4 Å². The molecule has 0 fully saturated rings. The molecule has 0 atom stereocenters. The van der Waals surface area contributed by atoms with Crippen molar-refractivity contribution < 1.29 is 10.0 Å². The van der Waals surface area contributed by atoms with Gasteiger partial charge in [-0.2, -0.15) is 4.80 Å². The smallest absolute Gasteiger partial charge is 0.423 e. The maximum absolute atomic E-state index is 9.00. The zero-order chi connectivity index (χ0) is 13.3. The number of hydrogen-bond donors (Lipinski definition) is 2. The second kappa shape index (κ2) is 4.51. The van der Waals surface area contributed by atoms with Crippen LogP contribution >= 0.6 is 0 Å². The molecule has 0 bridgehead atoms. The van der Waals surface area contributed by atoms with Gasteiger partial charge >= 0.3 is 7.12 Å². The molecule has 0 spiro atoms. The molecule has 2 aromatic rings. The fourth-order valence-electron chi connectivity index (χ4n) is 1.42. The highest BCUT2D eigenvalue weighted by Gasteiger charge is 2.18. The van der Waals surface area contributed by atoms with Crippen LogP contribution in [0.3, 0.4) is 0 Å². The molecule has 1 aromatic carbocycles. The number of hydrogen-bond acceptors (Lipinski definition) is 5. The predicted molar refractivity (Wildman–Crippen MR) is 68.1 cm³/mol. The summed E-state index contributed by atoms with van der Waals surface area (Å²) in [5.41, 5.74) is 1.00. The minimum Gasteiger partial charge on any atom is -0.423 e. The summed E-state index contributed by atoms with van der Waals surface area (Å²) in [6.07, 6.45) is 0. The molecule has 1 heterocycles. The molecule has 0 aliphatic carbocycles. The van der Waals surface area contributed by atoms with Crippen molar-refractivity contribution in [3.8, 4) is 11.4 Å². The summed E-state index contributed by atoms with van der Waals surface area (Å²) in [6.45, 7) is 5.97. The van der Waals surface area contributed by atoms with Gasteiger partial charge in [0.2, 0.25) is 5.82 Å². The van der Waals surface area contributed by atoms with E-state index in [0.29, 0.717) is 11.3 Å². The van der Waals surface area contributed by atoms with Crippen LogP contribution in [-0.4, -0.2) is 37.4 Å². The third-order valence-corrected chi connectivity index (χ3v) is 2.48. The monoisotopic (exact) mass is 246 g/mol. The first-order valence-corrected chi connectivity index (χ1v) is 5.65. The molecule has 7 heteroatoms. The second-order valence-electron chi connectivity index (χ2n) is 5.07. The zero-order valence-electron chi connectivity index (χ0n) is 10.6. The molecule has 18 heavy (non-hydrogen) atoms. The van der Waals surface area contributed by atoms with Crippen LogP contribution in [0.1, 0.15) is 20.8 Å². The van der Waals surface area contributed by atoms with Gasteiger partial charge in [-0.3, -0.25) is 0 Å². The van der Waals surface area contributed by atoms with Gasteiger partial charge in [-0.25, -0.2) is 0 Å². The van der Waals surface area contributed by atoms with Crippen molar-refractivity contribution in [3.63, 3.8) is 0 Å². The van der Waals surface area contributed by atoms with Crippen molar-refractivity contribution in [2.45, 2.75) is 26.3 Å². The first-order chi connectivity index (χ1) is 8.38. The lowest BCUT2D eigenvalue weighted by Gasteiger charge is -2.15. The van der Waals surface area contributed by atoms with Crippen LogP contribution in [-0.2, 0) is 5.54 Å². The van der Waals surface area contributed by atoms with Crippen LogP contribution in [0.15, 0.2) is 24.3 Å². The van der Waals surface area contributed by atoms with Gasteiger partial charge in [0.05, 0.1) is 5.54 Å². The first-order valence-electron chi connectivity index (χ1n) is 5.65. The molecule has 0 aliphatic heterocycles. The van der Waals surface area contributed by atoms with Gasteiger partial charge in [-0.1, -0.05) is 24.3 Å². The maximum Gasteiger partial charge on any atom is 0.488 e. The molecule has 2 rings (SSSR count). The van der Waals surface area contributed by atoms with Crippen molar-refractivity contribution in [1.29, 1.82) is 0 Å². The van der Waals surface area contributed by atoms with Crippen LogP contribution in [0, 0.1) is 0 Å². The number of rotatable bonds is 2. The van der Waals surface area contributed by atoms with E-state index in [1.165, 1.54) is 0 Å². The SMILES string of the molecule is CC(C)(C)n1nnc(-c2ccc(B(O)O)cc2)n1. The van der Waals surface area contributed by atoms with Gasteiger partial charge in [0.15, 0.2) is 0 Å². The Hall–Kier alpha value is -1.73. The fourth-order valence-corrected chi connectivity index (χ4v) is 1.42. The van der Waals surface area contributed by atoms with Crippen molar-refractivity contribution in [2.24, 2.45) is 0 Å². The third-order valence-electron chi connectivity index (χ3n) is 2.48. The molecule has 0 saturated carbocycles. The van der Waals surface area contributed by atoms with E-state index in [4.69, 9.17) is 10.0 Å². The molecule has 0 radical (unpaired) electrons. The van der Waals surface area contributed by atoms with E-state index in [-0.39, 0.29) is 5.54 Å². The van der Waals surface area contributed by atoms with E-state index in [1.54, 1.807) is 29.1 Å². The van der Waals surface area contributed by atoms with Crippen LogP contribution in [0.25, 0.3) is 11.4 Å². The van der Waals surface area contributed by atoms with Gasteiger partial charge in [0.25, 0.3) is 0 Å². The van der Waals surface area contributed by atoms with Crippen LogP contribution < -0.4 is 5.46 Å². The third kappa shape index (κ3) is 2.57. The normalized spacial score (nSPS) is 11.6. The van der Waals surface area contributed by atoms with Gasteiger partial charge in [0, 0.05) is 5.56 Å². The maximum atomic E-state index is 9.00. The minimum atomic E-state index is -1.46. The van der Waals surface area contributed by atoms with Crippen LogP contribution in [0.2, 0.25) is 0 Å². The van der Waals surface area contributed by atoms with E-state index in [1.807, 2.05) is 20.8 Å². The summed E-state index contributed by atoms with van der Waals surface area (Å²) in [5.74, 6) is 0.518. The van der Waals surface area contributed by atoms with Crippen molar-refractivity contribution in [2.75, 3.05) is 0 Å². The largest absolute Gasteiger partial charge is 0.488 e. The number of nitrogens with zero attached hydrogens (tertiary/aromatic N) is 4. The number of benzene rings is 1. The Balaban J connectivity index is 2.29. The highest BCUT2D eigenvalue weighted by Crippen LogP contribution is 2.15. The molecule has 6 nitrogen and oxygen atoms in total. The van der Waals surface area contributed by atoms with Gasteiger partial charge in [-0.15, -0.1) is 10.2 Å². The topological polar surface area (TPSA) is 84.1 Å². The summed E-state index contributed by atoms with van der Waals surface area (Å²) >= 11 is 0. The van der Waals surface area contributed by atoms with Crippen molar-refractivity contribution in [1.82, 2.24) is 20.2 Å². The summed E-state index contributed by atoms with van der Waals surface area (Å²) in [5, 5.41) is 30.3. The van der Waals surface area contributed by atoms with Crippen LogP contribution in [0.4, 0.5) is 0 Å². The van der Waals surface area contributed by atoms with Crippen LogP contribution in [0.5, 0.6) is 0 Å². The molecule has 0 aliphatic rings. The van der Waals surface area contributed by atoms with Crippen molar-refractivity contribution >= 4 is 12.6 Å². The average molecular weight is 246 g/mol. The van der Waals surface area contributed by atoms with E-state index < -0.39 is 7.12 Å². The minimum absolute atomic E-state index is 0.216. The van der Waals surface area contributed by atoms with E-state index >= 15 is 0 Å². The molecular formula is C11H15BN4O2.